The minimum Gasteiger partial charge on any atom is -0.493 e. The lowest BCUT2D eigenvalue weighted by molar-refractivity contribution is 0.309. The number of unbranched alkanes of at least 4 members (excludes halogenated alkanes) is 1. The second-order valence-electron chi connectivity index (χ2n) is 2.94. The maximum atomic E-state index is 5.48. The van der Waals surface area contributed by atoms with Gasteiger partial charge in [-0.25, -0.2) is 0 Å². The van der Waals surface area contributed by atoms with Crippen LogP contribution in [-0.4, -0.2) is 16.6 Å². The third-order valence-electron chi connectivity index (χ3n) is 1.75. The van der Waals surface area contributed by atoms with Gasteiger partial charge in [-0.15, -0.1) is 0 Å². The van der Waals surface area contributed by atoms with E-state index >= 15 is 0 Å². The van der Waals surface area contributed by atoms with E-state index < -0.39 is 0 Å². The Balaban J connectivity index is 2.59. The van der Waals surface area contributed by atoms with Crippen LogP contribution in [0.1, 0.15) is 25.5 Å². The van der Waals surface area contributed by atoms with Gasteiger partial charge in [-0.2, -0.15) is 0 Å². The van der Waals surface area contributed by atoms with Crippen LogP contribution in [0.5, 0.6) is 5.75 Å². The van der Waals surface area contributed by atoms with Crippen molar-refractivity contribution in [1.82, 2.24) is 4.98 Å². The summed E-state index contributed by atoms with van der Waals surface area (Å²) in [5, 5.41) is 0. The molecule has 0 unspecified atom stereocenters. The quantitative estimate of drug-likeness (QED) is 0.595. The molecule has 0 bridgehead atoms. The number of rotatable bonds is 5. The summed E-state index contributed by atoms with van der Waals surface area (Å²) in [6.07, 6.45) is 3.81. The highest BCUT2D eigenvalue weighted by atomic mass is 32.1. The van der Waals surface area contributed by atoms with Gasteiger partial charge in [0.15, 0.2) is 0 Å². The van der Waals surface area contributed by atoms with Crippen LogP contribution in [0, 0.1) is 0 Å². The fourth-order valence-corrected chi connectivity index (χ4v) is 1.08. The molecular formula is C10H14N2OS. The normalized spacial score (nSPS) is 9.79. The molecule has 3 nitrogen and oxygen atoms in total. The molecule has 1 aromatic heterocycles. The Morgan fingerprint density at radius 3 is 3.07 bits per heavy atom. The number of pyridine rings is 1. The minimum absolute atomic E-state index is 0.297. The van der Waals surface area contributed by atoms with Gasteiger partial charge in [0.25, 0.3) is 0 Å². The van der Waals surface area contributed by atoms with Crippen molar-refractivity contribution in [3.8, 4) is 5.75 Å². The highest BCUT2D eigenvalue weighted by Gasteiger charge is 1.99. The average molecular weight is 210 g/mol. The molecule has 0 amide bonds. The predicted molar refractivity (Wildman–Crippen MR) is 60.5 cm³/mol. The first kappa shape index (κ1) is 10.9. The van der Waals surface area contributed by atoms with Crippen molar-refractivity contribution in [2.75, 3.05) is 6.61 Å². The van der Waals surface area contributed by atoms with Crippen molar-refractivity contribution >= 4 is 17.2 Å². The Morgan fingerprint density at radius 2 is 2.43 bits per heavy atom. The van der Waals surface area contributed by atoms with Crippen LogP contribution in [-0.2, 0) is 0 Å². The Kier molecular flexibility index (Phi) is 4.32. The second-order valence-corrected chi connectivity index (χ2v) is 3.38. The van der Waals surface area contributed by atoms with Crippen LogP contribution >= 0.6 is 12.2 Å². The Labute approximate surface area is 89.3 Å². The number of hydrogen-bond acceptors (Lipinski definition) is 3. The van der Waals surface area contributed by atoms with Gasteiger partial charge in [-0.1, -0.05) is 25.6 Å². The molecule has 0 saturated heterocycles. The zero-order chi connectivity index (χ0) is 10.4. The zero-order valence-corrected chi connectivity index (χ0v) is 9.01. The highest BCUT2D eigenvalue weighted by molar-refractivity contribution is 7.80. The first-order valence-electron chi connectivity index (χ1n) is 4.62. The van der Waals surface area contributed by atoms with Crippen molar-refractivity contribution in [3.05, 3.63) is 24.0 Å². The largest absolute Gasteiger partial charge is 0.493 e. The molecule has 0 saturated carbocycles. The highest BCUT2D eigenvalue weighted by Crippen LogP contribution is 2.11. The zero-order valence-electron chi connectivity index (χ0n) is 8.19. The average Bonchev–Trinajstić information content (AvgIpc) is 2.19. The Morgan fingerprint density at radius 1 is 1.64 bits per heavy atom. The summed E-state index contributed by atoms with van der Waals surface area (Å²) in [6, 6.07) is 3.56. The van der Waals surface area contributed by atoms with E-state index in [1.54, 1.807) is 18.3 Å². The van der Waals surface area contributed by atoms with E-state index in [-0.39, 0.29) is 0 Å². The summed E-state index contributed by atoms with van der Waals surface area (Å²) < 4.78 is 5.48. The fourth-order valence-electron chi connectivity index (χ4n) is 0.970. The van der Waals surface area contributed by atoms with E-state index in [4.69, 9.17) is 22.7 Å². The Bertz CT molecular complexity index is 315. The maximum Gasteiger partial charge on any atom is 0.123 e. The van der Waals surface area contributed by atoms with Gasteiger partial charge in [0.05, 0.1) is 6.61 Å². The lowest BCUT2D eigenvalue weighted by atomic mass is 10.3. The lowest BCUT2D eigenvalue weighted by Crippen LogP contribution is -2.11. The molecule has 0 radical (unpaired) electrons. The number of thiocarbonyl (C=S) groups is 1. The molecule has 0 aromatic carbocycles. The summed E-state index contributed by atoms with van der Waals surface area (Å²) in [5.41, 5.74) is 6.06. The molecular weight excluding hydrogens is 196 g/mol. The number of ether oxygens (including phenoxy) is 1. The van der Waals surface area contributed by atoms with Gasteiger partial charge in [-0.05, 0) is 12.5 Å². The number of nitrogens with two attached hydrogens (primary N) is 1. The van der Waals surface area contributed by atoms with Crippen LogP contribution in [0.2, 0.25) is 0 Å². The van der Waals surface area contributed by atoms with Crippen LogP contribution in [0.4, 0.5) is 0 Å². The maximum absolute atomic E-state index is 5.48. The van der Waals surface area contributed by atoms with Crippen LogP contribution in [0.25, 0.3) is 0 Å². The SMILES string of the molecule is CCCCOc1ccnc(C(N)=S)c1. The number of nitrogens with zero attached hydrogens (tertiary/aromatic N) is 1. The van der Waals surface area contributed by atoms with E-state index in [9.17, 15) is 0 Å². The van der Waals surface area contributed by atoms with Crippen molar-refractivity contribution in [1.29, 1.82) is 0 Å². The van der Waals surface area contributed by atoms with Gasteiger partial charge >= 0.3 is 0 Å². The van der Waals surface area contributed by atoms with Crippen molar-refractivity contribution in [3.63, 3.8) is 0 Å². The van der Waals surface area contributed by atoms with Crippen molar-refractivity contribution in [2.45, 2.75) is 19.8 Å². The smallest absolute Gasteiger partial charge is 0.123 e. The van der Waals surface area contributed by atoms with Crippen LogP contribution < -0.4 is 10.5 Å². The summed E-state index contributed by atoms with van der Waals surface area (Å²) in [6.45, 7) is 2.84. The molecule has 0 spiro atoms. The summed E-state index contributed by atoms with van der Waals surface area (Å²) >= 11 is 4.82. The monoisotopic (exact) mass is 210 g/mol. The predicted octanol–water partition coefficient (Wildman–Crippen LogP) is 1.89. The second kappa shape index (κ2) is 5.54. The van der Waals surface area contributed by atoms with Gasteiger partial charge in [-0.3, -0.25) is 4.98 Å². The van der Waals surface area contributed by atoms with E-state index in [0.717, 1.165) is 25.2 Å². The fraction of sp³-hybridized carbons (Fsp3) is 0.400. The van der Waals surface area contributed by atoms with E-state index in [0.29, 0.717) is 10.7 Å². The van der Waals surface area contributed by atoms with E-state index in [2.05, 4.69) is 11.9 Å². The molecule has 0 fully saturated rings. The molecule has 0 aliphatic rings. The number of hydrogen-bond donors (Lipinski definition) is 1. The molecule has 1 heterocycles. The molecule has 1 aromatic rings. The number of aromatic nitrogens is 1. The molecule has 0 aliphatic heterocycles. The first-order valence-corrected chi connectivity index (χ1v) is 5.03. The van der Waals surface area contributed by atoms with Crippen LogP contribution in [0.15, 0.2) is 18.3 Å². The third-order valence-corrected chi connectivity index (χ3v) is 1.96. The topological polar surface area (TPSA) is 48.1 Å². The first-order chi connectivity index (χ1) is 6.74. The standard InChI is InChI=1S/C10H14N2OS/c1-2-3-6-13-8-4-5-12-9(7-8)10(11)14/h4-5,7H,2-3,6H2,1H3,(H2,11,14). The molecule has 2 N–H and O–H groups in total. The molecule has 4 heteroatoms. The van der Waals surface area contributed by atoms with Crippen LogP contribution in [0.3, 0.4) is 0 Å². The minimum atomic E-state index is 0.297. The summed E-state index contributed by atoms with van der Waals surface area (Å²) in [5.74, 6) is 0.774. The van der Waals surface area contributed by atoms with Gasteiger partial charge in [0, 0.05) is 12.3 Å². The molecule has 0 atom stereocenters. The van der Waals surface area contributed by atoms with E-state index in [1.807, 2.05) is 0 Å². The Hall–Kier alpha value is -1.16. The van der Waals surface area contributed by atoms with Crippen molar-refractivity contribution < 1.29 is 4.74 Å². The molecule has 0 aliphatic carbocycles. The molecule has 76 valence electrons. The third kappa shape index (κ3) is 3.30. The molecule has 14 heavy (non-hydrogen) atoms. The summed E-state index contributed by atoms with van der Waals surface area (Å²) in [4.78, 5) is 4.32. The molecule has 1 rings (SSSR count). The van der Waals surface area contributed by atoms with Gasteiger partial charge in [0.1, 0.15) is 16.4 Å². The lowest BCUT2D eigenvalue weighted by Gasteiger charge is -2.05. The van der Waals surface area contributed by atoms with E-state index in [1.165, 1.54) is 0 Å². The van der Waals surface area contributed by atoms with Gasteiger partial charge < -0.3 is 10.5 Å². The summed E-state index contributed by atoms with van der Waals surface area (Å²) in [7, 11) is 0. The van der Waals surface area contributed by atoms with Gasteiger partial charge in [0.2, 0.25) is 0 Å². The van der Waals surface area contributed by atoms with Crippen molar-refractivity contribution in [2.24, 2.45) is 5.73 Å².